The maximum Gasteiger partial charge on any atom is 0.186 e. The van der Waals surface area contributed by atoms with E-state index in [9.17, 15) is 40.9 Å². The molecule has 0 aromatic heterocycles. The largest absolute Gasteiger partial charge is 0.504 e. The number of rotatable bonds is 7. The summed E-state index contributed by atoms with van der Waals surface area (Å²) in [5, 5.41) is 93.8. The lowest BCUT2D eigenvalue weighted by Crippen LogP contribution is -2.12. The molecule has 0 fully saturated rings. The summed E-state index contributed by atoms with van der Waals surface area (Å²) in [5.74, 6) is -7.05. The van der Waals surface area contributed by atoms with Gasteiger partial charge in [-0.1, -0.05) is 140 Å². The number of phenols is 8. The molecular weight excluding hydrogens is 695 g/mol. The van der Waals surface area contributed by atoms with Gasteiger partial charge < -0.3 is 40.9 Å². The average molecular weight is 728 g/mol. The number of hydrogen-bond acceptors (Lipinski definition) is 9. The Morgan fingerprint density at radius 3 is 0.945 bits per heavy atom. The van der Waals surface area contributed by atoms with Crippen LogP contribution >= 0.6 is 0 Å². The number of fused-ring (bicyclic) bond motifs is 1. The number of benzene rings is 8. The van der Waals surface area contributed by atoms with E-state index < -0.39 is 57.4 Å². The van der Waals surface area contributed by atoms with Crippen LogP contribution in [0.5, 0.6) is 46.0 Å². The molecule has 8 aromatic rings. The zero-order valence-corrected chi connectivity index (χ0v) is 29.0. The van der Waals surface area contributed by atoms with E-state index in [-0.39, 0.29) is 27.9 Å². The molecule has 0 amide bonds. The van der Waals surface area contributed by atoms with Crippen LogP contribution in [0.25, 0.3) is 55.3 Å². The smallest absolute Gasteiger partial charge is 0.186 e. The minimum atomic E-state index is -0.939. The molecule has 0 radical (unpaired) electrons. The van der Waals surface area contributed by atoms with Crippen molar-refractivity contribution in [3.63, 3.8) is 0 Å². The molecule has 270 valence electrons. The van der Waals surface area contributed by atoms with Gasteiger partial charge in [0.05, 0.1) is 11.1 Å². The Bertz CT molecular complexity index is 2550. The van der Waals surface area contributed by atoms with E-state index in [1.165, 1.54) is 0 Å². The summed E-state index contributed by atoms with van der Waals surface area (Å²) in [6, 6.07) is 44.8. The predicted octanol–water partition coefficient (Wildman–Crippen LogP) is 10.6. The third-order valence-corrected chi connectivity index (χ3v) is 9.76. The number of nitrogens with zero attached hydrogens (tertiary/aromatic N) is 1. The molecular formula is C46H33NO8. The van der Waals surface area contributed by atoms with Crippen molar-refractivity contribution in [1.29, 1.82) is 0 Å². The molecule has 8 N–H and O–H groups in total. The van der Waals surface area contributed by atoms with E-state index >= 15 is 0 Å². The van der Waals surface area contributed by atoms with Gasteiger partial charge in [0.15, 0.2) is 46.0 Å². The molecule has 9 heteroatoms. The Morgan fingerprint density at radius 1 is 0.273 bits per heavy atom. The molecule has 0 saturated carbocycles. The first-order valence-electron chi connectivity index (χ1n) is 17.3. The van der Waals surface area contributed by atoms with Crippen LogP contribution in [0.15, 0.2) is 152 Å². The van der Waals surface area contributed by atoms with Gasteiger partial charge in [0, 0.05) is 5.69 Å². The number of phenolic OH excluding ortho intramolecular Hbond substituents is 8. The Balaban J connectivity index is 1.34. The highest BCUT2D eigenvalue weighted by molar-refractivity contribution is 6.05. The summed E-state index contributed by atoms with van der Waals surface area (Å²) < 4.78 is 0. The lowest BCUT2D eigenvalue weighted by molar-refractivity contribution is 0.372. The number of hydrogen-bond donors (Lipinski definition) is 8. The lowest BCUT2D eigenvalue weighted by atomic mass is 9.92. The van der Waals surface area contributed by atoms with E-state index in [2.05, 4.69) is 0 Å². The lowest BCUT2D eigenvalue weighted by Gasteiger charge is -2.30. The summed E-state index contributed by atoms with van der Waals surface area (Å²) in [4.78, 5) is 0.929. The van der Waals surface area contributed by atoms with Crippen molar-refractivity contribution in [1.82, 2.24) is 0 Å². The first-order chi connectivity index (χ1) is 26.7. The SMILES string of the molecule is Oc1c(O)c(N(c2ccc(-c3ccc(-c4ccccc4)c4ccccc34)cc2)c2c(O)c(O)c(-c3ccccc3)c(O)c2O)c(O)c(O)c1-c1ccccc1. The van der Waals surface area contributed by atoms with Crippen molar-refractivity contribution >= 4 is 27.8 Å². The first kappa shape index (κ1) is 34.3. The van der Waals surface area contributed by atoms with Crippen LogP contribution in [-0.2, 0) is 0 Å². The third-order valence-electron chi connectivity index (χ3n) is 9.76. The van der Waals surface area contributed by atoms with Crippen molar-refractivity contribution in [2.45, 2.75) is 0 Å². The summed E-state index contributed by atoms with van der Waals surface area (Å²) in [6.45, 7) is 0. The summed E-state index contributed by atoms with van der Waals surface area (Å²) in [6.07, 6.45) is 0. The fourth-order valence-electron chi connectivity index (χ4n) is 7.13. The second-order valence-electron chi connectivity index (χ2n) is 12.9. The van der Waals surface area contributed by atoms with Crippen molar-refractivity contribution in [3.05, 3.63) is 152 Å². The minimum absolute atomic E-state index is 0.0719. The zero-order valence-electron chi connectivity index (χ0n) is 29.0. The second-order valence-corrected chi connectivity index (χ2v) is 12.9. The summed E-state index contributed by atoms with van der Waals surface area (Å²) in [7, 11) is 0. The van der Waals surface area contributed by atoms with Crippen molar-refractivity contribution in [2.75, 3.05) is 4.90 Å². The molecule has 55 heavy (non-hydrogen) atoms. The highest BCUT2D eigenvalue weighted by Gasteiger charge is 2.35. The van der Waals surface area contributed by atoms with Gasteiger partial charge in [0.2, 0.25) is 0 Å². The molecule has 0 atom stereocenters. The molecule has 9 nitrogen and oxygen atoms in total. The highest BCUT2D eigenvalue weighted by atomic mass is 16.3. The Kier molecular flexibility index (Phi) is 8.51. The van der Waals surface area contributed by atoms with E-state index in [0.717, 1.165) is 37.9 Å². The second kappa shape index (κ2) is 13.6. The van der Waals surface area contributed by atoms with Crippen LogP contribution in [0.1, 0.15) is 0 Å². The van der Waals surface area contributed by atoms with Crippen molar-refractivity contribution < 1.29 is 40.9 Å². The quantitative estimate of drug-likeness (QED) is 0.0589. The Labute approximate surface area is 315 Å². The predicted molar refractivity (Wildman–Crippen MR) is 214 cm³/mol. The molecule has 8 aromatic carbocycles. The van der Waals surface area contributed by atoms with Crippen LogP contribution < -0.4 is 4.90 Å². The van der Waals surface area contributed by atoms with Gasteiger partial charge in [-0.3, -0.25) is 4.90 Å². The van der Waals surface area contributed by atoms with Crippen LogP contribution in [0.4, 0.5) is 17.1 Å². The number of aromatic hydroxyl groups is 8. The Morgan fingerprint density at radius 2 is 0.582 bits per heavy atom. The molecule has 0 heterocycles. The molecule has 0 saturated heterocycles. The first-order valence-corrected chi connectivity index (χ1v) is 17.3. The van der Waals surface area contributed by atoms with Gasteiger partial charge in [0.25, 0.3) is 0 Å². The van der Waals surface area contributed by atoms with Crippen LogP contribution in [-0.4, -0.2) is 40.9 Å². The van der Waals surface area contributed by atoms with Gasteiger partial charge in [-0.2, -0.15) is 0 Å². The van der Waals surface area contributed by atoms with Crippen LogP contribution in [0.3, 0.4) is 0 Å². The summed E-state index contributed by atoms with van der Waals surface area (Å²) >= 11 is 0. The molecule has 0 spiro atoms. The summed E-state index contributed by atoms with van der Waals surface area (Å²) in [5.41, 5.74) is 2.47. The molecule has 0 bridgehead atoms. The fraction of sp³-hybridized carbons (Fsp3) is 0. The monoisotopic (exact) mass is 727 g/mol. The molecule has 0 unspecified atom stereocenters. The van der Waals surface area contributed by atoms with E-state index in [4.69, 9.17) is 0 Å². The van der Waals surface area contributed by atoms with Crippen LogP contribution in [0, 0.1) is 0 Å². The molecule has 0 aliphatic carbocycles. The van der Waals surface area contributed by atoms with E-state index in [0.29, 0.717) is 0 Å². The normalized spacial score (nSPS) is 11.1. The van der Waals surface area contributed by atoms with Gasteiger partial charge in [0.1, 0.15) is 11.4 Å². The zero-order chi connectivity index (χ0) is 38.4. The standard InChI is InChI=1S/C46H33NO8/c48-39-35(28-14-6-2-7-15-28)40(49)44(53)37(43(39)52)47(38-45(54)41(50)36(42(51)46(38)55)29-16-8-3-9-17-29)30-22-20-27(21-23-30)32-25-24-31(26-12-4-1-5-13-26)33-18-10-11-19-34(32)33/h1-25,48-55H. The molecule has 0 aliphatic rings. The average Bonchev–Trinajstić information content (AvgIpc) is 3.23. The topological polar surface area (TPSA) is 165 Å². The molecule has 0 aliphatic heterocycles. The van der Waals surface area contributed by atoms with Crippen LogP contribution in [0.2, 0.25) is 0 Å². The minimum Gasteiger partial charge on any atom is -0.504 e. The van der Waals surface area contributed by atoms with E-state index in [1.807, 2.05) is 66.7 Å². The van der Waals surface area contributed by atoms with Gasteiger partial charge in [-0.05, 0) is 56.3 Å². The van der Waals surface area contributed by atoms with Gasteiger partial charge in [-0.25, -0.2) is 0 Å². The van der Waals surface area contributed by atoms with Gasteiger partial charge >= 0.3 is 0 Å². The fourth-order valence-corrected chi connectivity index (χ4v) is 7.13. The maximum absolute atomic E-state index is 11.6. The van der Waals surface area contributed by atoms with E-state index in [1.54, 1.807) is 84.9 Å². The van der Waals surface area contributed by atoms with Crippen molar-refractivity contribution in [3.8, 4) is 90.5 Å². The maximum atomic E-state index is 11.6. The number of anilines is 3. The van der Waals surface area contributed by atoms with Gasteiger partial charge in [-0.15, -0.1) is 0 Å². The van der Waals surface area contributed by atoms with Crippen molar-refractivity contribution in [2.24, 2.45) is 0 Å². The Hall–Kier alpha value is -7.78. The molecule has 8 rings (SSSR count). The highest BCUT2D eigenvalue weighted by Crippen LogP contribution is 2.63. The third kappa shape index (κ3) is 5.67.